The van der Waals surface area contributed by atoms with Crippen LogP contribution in [0.3, 0.4) is 0 Å². The van der Waals surface area contributed by atoms with E-state index < -0.39 is 0 Å². The number of nitrogens with zero attached hydrogens (tertiary/aromatic N) is 1. The van der Waals surface area contributed by atoms with Crippen LogP contribution in [-0.2, 0) is 0 Å². The number of hydrogen-bond donors (Lipinski definition) is 2. The van der Waals surface area contributed by atoms with Gasteiger partial charge in [-0.3, -0.25) is 4.68 Å². The lowest BCUT2D eigenvalue weighted by atomic mass is 10.4. The van der Waals surface area contributed by atoms with E-state index in [4.69, 9.17) is 5.73 Å². The highest BCUT2D eigenvalue weighted by Crippen LogP contribution is 2.27. The molecule has 0 saturated carbocycles. The molecule has 0 atom stereocenters. The van der Waals surface area contributed by atoms with Crippen molar-refractivity contribution >= 4 is 27.2 Å². The van der Waals surface area contributed by atoms with Gasteiger partial charge in [-0.15, -0.1) is 11.3 Å². The minimum atomic E-state index is 0.848. The Balaban J connectivity index is 2.59. The zero-order chi connectivity index (χ0) is 8.55. The smallest absolute Gasteiger partial charge is 0.103 e. The van der Waals surface area contributed by atoms with Crippen molar-refractivity contribution in [2.45, 2.75) is 6.92 Å². The van der Waals surface area contributed by atoms with E-state index in [-0.39, 0.29) is 0 Å². The first-order chi connectivity index (χ1) is 5.83. The average molecular weight is 181 g/mol. The van der Waals surface area contributed by atoms with E-state index in [0.29, 0.717) is 0 Å². The van der Waals surface area contributed by atoms with Crippen LogP contribution in [0.4, 0.5) is 5.69 Å². The maximum absolute atomic E-state index is 5.80. The predicted molar refractivity (Wildman–Crippen MR) is 54.1 cm³/mol. The molecule has 0 saturated heterocycles. The van der Waals surface area contributed by atoms with Gasteiger partial charge in [-0.25, -0.2) is 0 Å². The second-order valence-electron chi connectivity index (χ2n) is 2.60. The standard InChI is InChI=1S/C8H11N3S/c1-2-10-11-4-3-7-8(11)6(9)5-12-7/h3-5,10H,2,9H2,1H3. The van der Waals surface area contributed by atoms with Crippen LogP contribution >= 0.6 is 11.3 Å². The van der Waals surface area contributed by atoms with Crippen LogP contribution in [0.1, 0.15) is 6.92 Å². The molecule has 0 unspecified atom stereocenters. The number of nitrogens with one attached hydrogen (secondary N) is 1. The molecule has 4 heteroatoms. The summed E-state index contributed by atoms with van der Waals surface area (Å²) in [6, 6.07) is 2.07. The highest BCUT2D eigenvalue weighted by molar-refractivity contribution is 7.17. The van der Waals surface area contributed by atoms with Crippen molar-refractivity contribution in [3.8, 4) is 0 Å². The van der Waals surface area contributed by atoms with Gasteiger partial charge >= 0.3 is 0 Å². The molecule has 3 nitrogen and oxygen atoms in total. The van der Waals surface area contributed by atoms with Gasteiger partial charge in [0, 0.05) is 18.1 Å². The van der Waals surface area contributed by atoms with Crippen LogP contribution in [0, 0.1) is 0 Å². The van der Waals surface area contributed by atoms with Crippen molar-refractivity contribution in [2.75, 3.05) is 17.7 Å². The average Bonchev–Trinajstić information content (AvgIpc) is 2.58. The Labute approximate surface area is 74.8 Å². The molecule has 0 bridgehead atoms. The molecule has 2 rings (SSSR count). The summed E-state index contributed by atoms with van der Waals surface area (Å²) in [5.74, 6) is 0. The largest absolute Gasteiger partial charge is 0.396 e. The zero-order valence-corrected chi connectivity index (χ0v) is 7.69. The Morgan fingerprint density at radius 2 is 2.50 bits per heavy atom. The molecule has 0 spiro atoms. The normalized spacial score (nSPS) is 10.8. The predicted octanol–water partition coefficient (Wildman–Crippen LogP) is 1.85. The van der Waals surface area contributed by atoms with Gasteiger partial charge in [0.15, 0.2) is 0 Å². The van der Waals surface area contributed by atoms with Gasteiger partial charge in [-0.1, -0.05) is 0 Å². The van der Waals surface area contributed by atoms with Crippen molar-refractivity contribution in [1.82, 2.24) is 4.68 Å². The minimum absolute atomic E-state index is 0.848. The Bertz CT molecular complexity index is 388. The first-order valence-corrected chi connectivity index (χ1v) is 4.78. The van der Waals surface area contributed by atoms with Gasteiger partial charge in [0.2, 0.25) is 0 Å². The van der Waals surface area contributed by atoms with Crippen molar-refractivity contribution in [3.05, 3.63) is 17.6 Å². The fraction of sp³-hybridized carbons (Fsp3) is 0.250. The van der Waals surface area contributed by atoms with Crippen LogP contribution in [-0.4, -0.2) is 11.2 Å². The highest BCUT2D eigenvalue weighted by Gasteiger charge is 2.04. The summed E-state index contributed by atoms with van der Waals surface area (Å²) in [7, 11) is 0. The molecule has 0 fully saturated rings. The van der Waals surface area contributed by atoms with Gasteiger partial charge in [0.1, 0.15) is 5.52 Å². The van der Waals surface area contributed by atoms with Crippen LogP contribution in [0.15, 0.2) is 17.6 Å². The topological polar surface area (TPSA) is 43.0 Å². The van der Waals surface area contributed by atoms with Gasteiger partial charge < -0.3 is 11.2 Å². The summed E-state index contributed by atoms with van der Waals surface area (Å²) in [6.07, 6.45) is 2.00. The number of fused-ring (bicyclic) bond motifs is 1. The molecule has 0 aliphatic rings. The fourth-order valence-electron chi connectivity index (χ4n) is 1.28. The Morgan fingerprint density at radius 1 is 1.67 bits per heavy atom. The lowest BCUT2D eigenvalue weighted by Crippen LogP contribution is -2.12. The fourth-order valence-corrected chi connectivity index (χ4v) is 2.11. The number of nitrogen functional groups attached to an aromatic ring is 1. The molecule has 2 aromatic heterocycles. The third-order valence-electron chi connectivity index (χ3n) is 1.76. The third kappa shape index (κ3) is 0.956. The first kappa shape index (κ1) is 7.49. The molecule has 64 valence electrons. The van der Waals surface area contributed by atoms with E-state index in [2.05, 4.69) is 18.4 Å². The molecule has 2 heterocycles. The molecule has 2 aromatic rings. The lowest BCUT2D eigenvalue weighted by molar-refractivity contribution is 0.903. The van der Waals surface area contributed by atoms with Crippen LogP contribution < -0.4 is 11.2 Å². The summed E-state index contributed by atoms with van der Waals surface area (Å²) in [4.78, 5) is 0. The SMILES string of the molecule is CCNn1ccc2scc(N)c21. The van der Waals surface area contributed by atoms with Crippen LogP contribution in [0.2, 0.25) is 0 Å². The summed E-state index contributed by atoms with van der Waals surface area (Å²) < 4.78 is 3.20. The Hall–Kier alpha value is -1.16. The van der Waals surface area contributed by atoms with Crippen LogP contribution in [0.5, 0.6) is 0 Å². The van der Waals surface area contributed by atoms with E-state index in [0.717, 1.165) is 17.7 Å². The number of anilines is 1. The second-order valence-corrected chi connectivity index (χ2v) is 3.51. The first-order valence-electron chi connectivity index (χ1n) is 3.91. The third-order valence-corrected chi connectivity index (χ3v) is 2.72. The van der Waals surface area contributed by atoms with E-state index in [9.17, 15) is 0 Å². The summed E-state index contributed by atoms with van der Waals surface area (Å²) in [5.41, 5.74) is 10.9. The van der Waals surface area contributed by atoms with Gasteiger partial charge in [-0.05, 0) is 13.0 Å². The molecule has 0 radical (unpaired) electrons. The highest BCUT2D eigenvalue weighted by atomic mass is 32.1. The quantitative estimate of drug-likeness (QED) is 0.742. The molecular weight excluding hydrogens is 170 g/mol. The van der Waals surface area contributed by atoms with Gasteiger partial charge in [0.05, 0.1) is 10.4 Å². The van der Waals surface area contributed by atoms with Gasteiger partial charge in [-0.2, -0.15) is 0 Å². The minimum Gasteiger partial charge on any atom is -0.396 e. The van der Waals surface area contributed by atoms with E-state index in [1.807, 2.05) is 16.3 Å². The molecule has 0 aliphatic heterocycles. The number of nitrogens with two attached hydrogens (primary N) is 1. The van der Waals surface area contributed by atoms with Crippen molar-refractivity contribution < 1.29 is 0 Å². The lowest BCUT2D eigenvalue weighted by Gasteiger charge is -2.04. The van der Waals surface area contributed by atoms with Crippen molar-refractivity contribution in [2.24, 2.45) is 0 Å². The summed E-state index contributed by atoms with van der Waals surface area (Å²) in [6.45, 7) is 2.97. The molecule has 3 N–H and O–H groups in total. The monoisotopic (exact) mass is 181 g/mol. The molecule has 0 aromatic carbocycles. The maximum Gasteiger partial charge on any atom is 0.103 e. The molecule has 12 heavy (non-hydrogen) atoms. The summed E-state index contributed by atoms with van der Waals surface area (Å²) in [5, 5.41) is 1.97. The number of aromatic nitrogens is 1. The number of hydrogen-bond acceptors (Lipinski definition) is 3. The van der Waals surface area contributed by atoms with Crippen molar-refractivity contribution in [3.63, 3.8) is 0 Å². The number of rotatable bonds is 2. The molecule has 0 amide bonds. The Kier molecular flexibility index (Phi) is 1.69. The zero-order valence-electron chi connectivity index (χ0n) is 6.87. The summed E-state index contributed by atoms with van der Waals surface area (Å²) >= 11 is 1.67. The van der Waals surface area contributed by atoms with E-state index in [1.54, 1.807) is 11.3 Å². The maximum atomic E-state index is 5.80. The van der Waals surface area contributed by atoms with Gasteiger partial charge in [0.25, 0.3) is 0 Å². The van der Waals surface area contributed by atoms with E-state index in [1.165, 1.54) is 4.70 Å². The molecule has 0 aliphatic carbocycles. The Morgan fingerprint density at radius 3 is 3.25 bits per heavy atom. The second kappa shape index (κ2) is 2.71. The molecular formula is C8H11N3S. The number of thiophene rings is 1. The van der Waals surface area contributed by atoms with Crippen molar-refractivity contribution in [1.29, 1.82) is 0 Å². The van der Waals surface area contributed by atoms with E-state index >= 15 is 0 Å². The van der Waals surface area contributed by atoms with Crippen LogP contribution in [0.25, 0.3) is 10.2 Å².